The minimum Gasteiger partial charge on any atom is -0.324 e. The number of hydrogen-bond donors (Lipinski definition) is 2. The van der Waals surface area contributed by atoms with Crippen LogP contribution < -0.4 is 10.6 Å². The smallest absolute Gasteiger partial charge is 0.238 e. The largest absolute Gasteiger partial charge is 0.324 e. The SMILES string of the molecule is CNC1CCN(CC(=O)Nc2ccccc2Br)C1. The molecule has 98 valence electrons. The lowest BCUT2D eigenvalue weighted by atomic mass is 10.3. The molecule has 1 atom stereocenters. The van der Waals surface area contributed by atoms with Gasteiger partial charge in [0.25, 0.3) is 0 Å². The van der Waals surface area contributed by atoms with Crippen molar-refractivity contribution in [1.29, 1.82) is 0 Å². The number of likely N-dealkylation sites (N-methyl/N-ethyl adjacent to an activating group) is 1. The number of hydrogen-bond acceptors (Lipinski definition) is 3. The second-order valence-electron chi connectivity index (χ2n) is 4.54. The third-order valence-electron chi connectivity index (χ3n) is 3.20. The van der Waals surface area contributed by atoms with E-state index in [1.54, 1.807) is 0 Å². The number of carbonyl (C=O) groups excluding carboxylic acids is 1. The van der Waals surface area contributed by atoms with Crippen molar-refractivity contribution in [2.45, 2.75) is 12.5 Å². The van der Waals surface area contributed by atoms with E-state index in [9.17, 15) is 4.79 Å². The van der Waals surface area contributed by atoms with Crippen LogP contribution in [0.5, 0.6) is 0 Å². The summed E-state index contributed by atoms with van der Waals surface area (Å²) in [5.74, 6) is 0.0404. The highest BCUT2D eigenvalue weighted by Gasteiger charge is 2.22. The Kier molecular flexibility index (Phi) is 4.74. The molecule has 2 rings (SSSR count). The highest BCUT2D eigenvalue weighted by Crippen LogP contribution is 2.21. The number of nitrogens with one attached hydrogen (secondary N) is 2. The zero-order valence-electron chi connectivity index (χ0n) is 10.4. The number of likely N-dealkylation sites (tertiary alicyclic amines) is 1. The van der Waals surface area contributed by atoms with Gasteiger partial charge in [-0.25, -0.2) is 0 Å². The van der Waals surface area contributed by atoms with E-state index >= 15 is 0 Å². The zero-order chi connectivity index (χ0) is 13.0. The second-order valence-corrected chi connectivity index (χ2v) is 5.39. The molecule has 1 unspecified atom stereocenters. The normalized spacial score (nSPS) is 20.0. The molecule has 5 heteroatoms. The van der Waals surface area contributed by atoms with E-state index in [-0.39, 0.29) is 5.91 Å². The van der Waals surface area contributed by atoms with Crippen molar-refractivity contribution in [3.8, 4) is 0 Å². The van der Waals surface area contributed by atoms with Crippen molar-refractivity contribution in [1.82, 2.24) is 10.2 Å². The molecule has 18 heavy (non-hydrogen) atoms. The molecule has 1 aliphatic heterocycles. The van der Waals surface area contributed by atoms with Crippen LogP contribution in [-0.2, 0) is 4.79 Å². The van der Waals surface area contributed by atoms with Crippen LogP contribution in [0.15, 0.2) is 28.7 Å². The van der Waals surface area contributed by atoms with Crippen LogP contribution in [0.4, 0.5) is 5.69 Å². The van der Waals surface area contributed by atoms with Crippen molar-refractivity contribution >= 4 is 27.5 Å². The lowest BCUT2D eigenvalue weighted by Crippen LogP contribution is -2.34. The van der Waals surface area contributed by atoms with Crippen molar-refractivity contribution in [3.63, 3.8) is 0 Å². The molecule has 4 nitrogen and oxygen atoms in total. The Morgan fingerprint density at radius 2 is 2.28 bits per heavy atom. The molecule has 1 saturated heterocycles. The van der Waals surface area contributed by atoms with E-state index in [0.717, 1.165) is 29.7 Å². The number of nitrogens with zero attached hydrogens (tertiary/aromatic N) is 1. The number of benzene rings is 1. The lowest BCUT2D eigenvalue weighted by molar-refractivity contribution is -0.117. The van der Waals surface area contributed by atoms with E-state index in [2.05, 4.69) is 31.5 Å². The van der Waals surface area contributed by atoms with Crippen molar-refractivity contribution < 1.29 is 4.79 Å². The number of para-hydroxylation sites is 1. The van der Waals surface area contributed by atoms with Gasteiger partial charge in [0.05, 0.1) is 12.2 Å². The maximum atomic E-state index is 11.9. The Morgan fingerprint density at radius 1 is 1.50 bits per heavy atom. The Morgan fingerprint density at radius 3 is 2.94 bits per heavy atom. The second kappa shape index (κ2) is 6.31. The fraction of sp³-hybridized carbons (Fsp3) is 0.462. The molecule has 1 fully saturated rings. The topological polar surface area (TPSA) is 44.4 Å². The Hall–Kier alpha value is -0.910. The van der Waals surface area contributed by atoms with Crippen LogP contribution in [0.3, 0.4) is 0 Å². The van der Waals surface area contributed by atoms with Crippen LogP contribution in [0.2, 0.25) is 0 Å². The summed E-state index contributed by atoms with van der Waals surface area (Å²) >= 11 is 3.42. The molecule has 1 aromatic rings. The summed E-state index contributed by atoms with van der Waals surface area (Å²) in [5.41, 5.74) is 0.826. The van der Waals surface area contributed by atoms with Gasteiger partial charge in [-0.3, -0.25) is 9.69 Å². The van der Waals surface area contributed by atoms with Crippen LogP contribution in [0, 0.1) is 0 Å². The minimum absolute atomic E-state index is 0.0404. The summed E-state index contributed by atoms with van der Waals surface area (Å²) in [6, 6.07) is 8.16. The highest BCUT2D eigenvalue weighted by molar-refractivity contribution is 9.10. The van der Waals surface area contributed by atoms with E-state index in [1.807, 2.05) is 31.3 Å². The average Bonchev–Trinajstić information content (AvgIpc) is 2.80. The Labute approximate surface area is 116 Å². The number of halogens is 1. The summed E-state index contributed by atoms with van der Waals surface area (Å²) in [6.07, 6.45) is 1.11. The van der Waals surface area contributed by atoms with Gasteiger partial charge in [0.2, 0.25) is 5.91 Å². The third-order valence-corrected chi connectivity index (χ3v) is 3.89. The Balaban J connectivity index is 1.84. The van der Waals surface area contributed by atoms with Gasteiger partial charge < -0.3 is 10.6 Å². The van der Waals surface area contributed by atoms with Gasteiger partial charge in [-0.15, -0.1) is 0 Å². The Bertz CT molecular complexity index is 424. The first kappa shape index (κ1) is 13.5. The van der Waals surface area contributed by atoms with Gasteiger partial charge in [0.1, 0.15) is 0 Å². The van der Waals surface area contributed by atoms with Gasteiger partial charge >= 0.3 is 0 Å². The summed E-state index contributed by atoms with van der Waals surface area (Å²) in [5, 5.41) is 6.17. The maximum Gasteiger partial charge on any atom is 0.238 e. The average molecular weight is 312 g/mol. The molecule has 0 saturated carbocycles. The van der Waals surface area contributed by atoms with Crippen LogP contribution in [0.1, 0.15) is 6.42 Å². The van der Waals surface area contributed by atoms with E-state index < -0.39 is 0 Å². The fourth-order valence-electron chi connectivity index (χ4n) is 2.17. The van der Waals surface area contributed by atoms with E-state index in [0.29, 0.717) is 12.6 Å². The first-order valence-electron chi connectivity index (χ1n) is 6.13. The molecule has 0 spiro atoms. The monoisotopic (exact) mass is 311 g/mol. The predicted molar refractivity (Wildman–Crippen MR) is 76.7 cm³/mol. The lowest BCUT2D eigenvalue weighted by Gasteiger charge is -2.15. The molecule has 1 aromatic carbocycles. The quantitative estimate of drug-likeness (QED) is 0.889. The van der Waals surface area contributed by atoms with Gasteiger partial charge in [0.15, 0.2) is 0 Å². The predicted octanol–water partition coefficient (Wildman–Crippen LogP) is 1.68. The molecule has 0 bridgehead atoms. The summed E-state index contributed by atoms with van der Waals surface area (Å²) < 4.78 is 0.910. The molecular weight excluding hydrogens is 294 g/mol. The zero-order valence-corrected chi connectivity index (χ0v) is 12.0. The fourth-order valence-corrected chi connectivity index (χ4v) is 2.55. The van der Waals surface area contributed by atoms with E-state index in [1.165, 1.54) is 0 Å². The first-order valence-corrected chi connectivity index (χ1v) is 6.92. The van der Waals surface area contributed by atoms with Crippen molar-refractivity contribution in [2.24, 2.45) is 0 Å². The van der Waals surface area contributed by atoms with Crippen LogP contribution in [0.25, 0.3) is 0 Å². The third kappa shape index (κ3) is 3.54. The van der Waals surface area contributed by atoms with Gasteiger partial charge in [0, 0.05) is 23.6 Å². The number of anilines is 1. The summed E-state index contributed by atoms with van der Waals surface area (Å²) in [7, 11) is 1.97. The number of rotatable bonds is 4. The van der Waals surface area contributed by atoms with Gasteiger partial charge in [-0.05, 0) is 41.5 Å². The minimum atomic E-state index is 0.0404. The summed E-state index contributed by atoms with van der Waals surface area (Å²) in [4.78, 5) is 14.1. The molecular formula is C13H18BrN3O. The molecule has 0 radical (unpaired) electrons. The van der Waals surface area contributed by atoms with Crippen LogP contribution >= 0.6 is 15.9 Å². The van der Waals surface area contributed by atoms with Gasteiger partial charge in [-0.2, -0.15) is 0 Å². The molecule has 2 N–H and O–H groups in total. The standard InChI is InChI=1S/C13H18BrN3O/c1-15-10-6-7-17(8-10)9-13(18)16-12-5-3-2-4-11(12)14/h2-5,10,15H,6-9H2,1H3,(H,16,18). The van der Waals surface area contributed by atoms with Crippen LogP contribution in [-0.4, -0.2) is 43.5 Å². The molecule has 0 aromatic heterocycles. The first-order chi connectivity index (χ1) is 8.69. The molecule has 1 heterocycles. The molecule has 1 aliphatic rings. The van der Waals surface area contributed by atoms with E-state index in [4.69, 9.17) is 0 Å². The maximum absolute atomic E-state index is 11.9. The molecule has 1 amide bonds. The van der Waals surface area contributed by atoms with Gasteiger partial charge in [-0.1, -0.05) is 12.1 Å². The molecule has 0 aliphatic carbocycles. The number of amides is 1. The highest BCUT2D eigenvalue weighted by atomic mass is 79.9. The van der Waals surface area contributed by atoms with Crippen molar-refractivity contribution in [3.05, 3.63) is 28.7 Å². The summed E-state index contributed by atoms with van der Waals surface area (Å²) in [6.45, 7) is 2.38. The number of carbonyl (C=O) groups is 1. The van der Waals surface area contributed by atoms with Crippen molar-refractivity contribution in [2.75, 3.05) is 32.0 Å².